The maximum Gasteiger partial charge on any atom is 0.140 e. The molecule has 1 rings (SSSR count). The summed E-state index contributed by atoms with van der Waals surface area (Å²) in [5.41, 5.74) is 0. The number of nitrogens with one attached hydrogen (secondary N) is 1. The predicted octanol–water partition coefficient (Wildman–Crippen LogP) is -0.356. The van der Waals surface area contributed by atoms with Crippen molar-refractivity contribution in [3.05, 3.63) is 12.2 Å². The smallest absolute Gasteiger partial charge is 0.140 e. The third-order valence-electron chi connectivity index (χ3n) is 1.54. The first-order valence-electron chi connectivity index (χ1n) is 3.88. The number of hydrogen-bond donors (Lipinski definition) is 1. The van der Waals surface area contributed by atoms with Gasteiger partial charge in [-0.3, -0.25) is 0 Å². The van der Waals surface area contributed by atoms with Gasteiger partial charge in [0.05, 0.1) is 19.7 Å². The Labute approximate surface area is 71.7 Å². The van der Waals surface area contributed by atoms with Crippen LogP contribution in [-0.4, -0.2) is 35.5 Å². The average Bonchev–Trinajstić information content (AvgIpc) is 2.50. The summed E-state index contributed by atoms with van der Waals surface area (Å²) in [6, 6.07) is 0. The minimum atomic E-state index is 0.667. The van der Waals surface area contributed by atoms with E-state index in [1.54, 1.807) is 13.4 Å². The zero-order valence-electron chi connectivity index (χ0n) is 7.45. The lowest BCUT2D eigenvalue weighted by Gasteiger charge is -2.03. The molecule has 5 heteroatoms. The third-order valence-corrected chi connectivity index (χ3v) is 1.54. The molecule has 0 aromatic carbocycles. The van der Waals surface area contributed by atoms with E-state index >= 15 is 0 Å². The van der Waals surface area contributed by atoms with Gasteiger partial charge in [-0.2, -0.15) is 5.10 Å². The van der Waals surface area contributed by atoms with Crippen molar-refractivity contribution in [1.29, 1.82) is 0 Å². The van der Waals surface area contributed by atoms with Crippen molar-refractivity contribution >= 4 is 0 Å². The fourth-order valence-electron chi connectivity index (χ4n) is 0.948. The molecule has 1 heterocycles. The van der Waals surface area contributed by atoms with Gasteiger partial charge in [-0.05, 0) is 7.05 Å². The quantitative estimate of drug-likeness (QED) is 0.656. The molecule has 1 N–H and O–H groups in total. The van der Waals surface area contributed by atoms with E-state index in [9.17, 15) is 0 Å². The Morgan fingerprint density at radius 1 is 1.67 bits per heavy atom. The Balaban J connectivity index is 2.51. The van der Waals surface area contributed by atoms with Gasteiger partial charge in [-0.15, -0.1) is 0 Å². The fraction of sp³-hybridized carbons (Fsp3) is 0.714. The predicted molar refractivity (Wildman–Crippen MR) is 44.7 cm³/mol. The van der Waals surface area contributed by atoms with Gasteiger partial charge in [0.15, 0.2) is 0 Å². The molecule has 0 atom stereocenters. The van der Waals surface area contributed by atoms with Crippen molar-refractivity contribution in [2.75, 3.05) is 20.8 Å². The van der Waals surface area contributed by atoms with Gasteiger partial charge in [0.1, 0.15) is 12.2 Å². The highest BCUT2D eigenvalue weighted by Gasteiger charge is 2.00. The van der Waals surface area contributed by atoms with Crippen molar-refractivity contribution in [3.63, 3.8) is 0 Å². The van der Waals surface area contributed by atoms with Crippen molar-refractivity contribution < 1.29 is 4.74 Å². The second kappa shape index (κ2) is 4.84. The van der Waals surface area contributed by atoms with E-state index in [1.807, 2.05) is 11.7 Å². The van der Waals surface area contributed by atoms with Gasteiger partial charge in [0.2, 0.25) is 0 Å². The van der Waals surface area contributed by atoms with Gasteiger partial charge in [0, 0.05) is 7.11 Å². The highest BCUT2D eigenvalue weighted by molar-refractivity contribution is 4.82. The molecule has 0 unspecified atom stereocenters. The fourth-order valence-corrected chi connectivity index (χ4v) is 0.948. The second-order valence-corrected chi connectivity index (χ2v) is 2.42. The molecule has 68 valence electrons. The summed E-state index contributed by atoms with van der Waals surface area (Å²) in [6.45, 7) is 2.16. The lowest BCUT2D eigenvalue weighted by Crippen LogP contribution is -2.15. The minimum absolute atomic E-state index is 0.667. The number of hydrogen-bond acceptors (Lipinski definition) is 4. The van der Waals surface area contributed by atoms with E-state index in [1.165, 1.54) is 0 Å². The normalized spacial score (nSPS) is 10.5. The van der Waals surface area contributed by atoms with E-state index in [0.29, 0.717) is 6.61 Å². The Morgan fingerprint density at radius 3 is 3.17 bits per heavy atom. The molecule has 0 fully saturated rings. The van der Waals surface area contributed by atoms with Crippen LogP contribution in [0, 0.1) is 0 Å². The molecule has 0 bridgehead atoms. The molecule has 0 aliphatic rings. The van der Waals surface area contributed by atoms with Crippen LogP contribution < -0.4 is 5.32 Å². The van der Waals surface area contributed by atoms with Crippen LogP contribution in [0.15, 0.2) is 6.33 Å². The third kappa shape index (κ3) is 2.28. The number of rotatable bonds is 5. The average molecular weight is 170 g/mol. The molecule has 1 aromatic heterocycles. The van der Waals surface area contributed by atoms with Gasteiger partial charge in [-0.25, -0.2) is 9.67 Å². The highest BCUT2D eigenvalue weighted by Crippen LogP contribution is 1.92. The molecule has 5 nitrogen and oxygen atoms in total. The first-order chi connectivity index (χ1) is 5.88. The monoisotopic (exact) mass is 170 g/mol. The van der Waals surface area contributed by atoms with Crippen LogP contribution in [0.5, 0.6) is 0 Å². The topological polar surface area (TPSA) is 52.0 Å². The van der Waals surface area contributed by atoms with Crippen LogP contribution in [-0.2, 0) is 17.8 Å². The molecule has 0 radical (unpaired) electrons. The summed E-state index contributed by atoms with van der Waals surface area (Å²) in [7, 11) is 3.56. The van der Waals surface area contributed by atoms with Gasteiger partial charge in [-0.1, -0.05) is 0 Å². The molecule has 0 aliphatic heterocycles. The van der Waals surface area contributed by atoms with E-state index in [0.717, 1.165) is 18.9 Å². The molecule has 12 heavy (non-hydrogen) atoms. The summed E-state index contributed by atoms with van der Waals surface area (Å²) in [5.74, 6) is 0.939. The molecule has 1 aromatic rings. The van der Waals surface area contributed by atoms with Crippen LogP contribution in [0.3, 0.4) is 0 Å². The summed E-state index contributed by atoms with van der Waals surface area (Å²) in [5, 5.41) is 7.08. The second-order valence-electron chi connectivity index (χ2n) is 2.42. The molecule has 0 spiro atoms. The van der Waals surface area contributed by atoms with E-state index in [-0.39, 0.29) is 0 Å². The van der Waals surface area contributed by atoms with Crippen molar-refractivity contribution in [2.24, 2.45) is 0 Å². The summed E-state index contributed by atoms with van der Waals surface area (Å²) >= 11 is 0. The van der Waals surface area contributed by atoms with Crippen LogP contribution in [0.4, 0.5) is 0 Å². The summed E-state index contributed by atoms with van der Waals surface area (Å²) in [6.07, 6.45) is 1.56. The van der Waals surface area contributed by atoms with Crippen molar-refractivity contribution in [3.8, 4) is 0 Å². The van der Waals surface area contributed by atoms with Crippen LogP contribution in [0.1, 0.15) is 5.82 Å². The Hall–Kier alpha value is -0.940. The van der Waals surface area contributed by atoms with E-state index in [4.69, 9.17) is 4.74 Å². The lowest BCUT2D eigenvalue weighted by molar-refractivity contribution is 0.182. The van der Waals surface area contributed by atoms with Crippen LogP contribution >= 0.6 is 0 Å². The van der Waals surface area contributed by atoms with Crippen LogP contribution in [0.25, 0.3) is 0 Å². The van der Waals surface area contributed by atoms with Crippen molar-refractivity contribution in [2.45, 2.75) is 13.1 Å². The number of methoxy groups -OCH3 is 1. The van der Waals surface area contributed by atoms with E-state index in [2.05, 4.69) is 15.4 Å². The zero-order valence-corrected chi connectivity index (χ0v) is 7.45. The lowest BCUT2D eigenvalue weighted by atomic mass is 10.5. The number of ether oxygens (including phenoxy) is 1. The summed E-state index contributed by atoms with van der Waals surface area (Å²) < 4.78 is 6.77. The molecule has 0 saturated carbocycles. The zero-order chi connectivity index (χ0) is 8.81. The Kier molecular flexibility index (Phi) is 3.69. The Bertz CT molecular complexity index is 223. The van der Waals surface area contributed by atoms with Gasteiger partial charge < -0.3 is 10.1 Å². The minimum Gasteiger partial charge on any atom is -0.383 e. The maximum atomic E-state index is 4.94. The molecule has 0 aliphatic carbocycles. The number of nitrogens with zero attached hydrogens (tertiary/aromatic N) is 3. The molecular weight excluding hydrogens is 156 g/mol. The van der Waals surface area contributed by atoms with Gasteiger partial charge >= 0.3 is 0 Å². The SMILES string of the molecule is CNCc1ncnn1CCOC. The largest absolute Gasteiger partial charge is 0.383 e. The number of aromatic nitrogens is 3. The first-order valence-corrected chi connectivity index (χ1v) is 3.88. The highest BCUT2D eigenvalue weighted by atomic mass is 16.5. The van der Waals surface area contributed by atoms with Gasteiger partial charge in [0.25, 0.3) is 0 Å². The maximum absolute atomic E-state index is 4.94. The first kappa shape index (κ1) is 9.15. The molecule has 0 saturated heterocycles. The Morgan fingerprint density at radius 2 is 2.50 bits per heavy atom. The molecular formula is C7H14N4O. The van der Waals surface area contributed by atoms with Crippen molar-refractivity contribution in [1.82, 2.24) is 20.1 Å². The standard InChI is InChI=1S/C7H14N4O/c1-8-5-7-9-6-10-11(7)3-4-12-2/h6,8H,3-5H2,1-2H3. The van der Waals surface area contributed by atoms with E-state index < -0.39 is 0 Å². The summed E-state index contributed by atoms with van der Waals surface area (Å²) in [4.78, 5) is 4.09. The molecule has 0 amide bonds. The van der Waals surface area contributed by atoms with Crippen LogP contribution in [0.2, 0.25) is 0 Å².